The van der Waals surface area contributed by atoms with Gasteiger partial charge in [-0.1, -0.05) is 11.3 Å². The van der Waals surface area contributed by atoms with Crippen LogP contribution in [-0.2, 0) is 0 Å². The summed E-state index contributed by atoms with van der Waals surface area (Å²) in [6.45, 7) is 5.85. The first-order valence-corrected chi connectivity index (χ1v) is 8.60. The summed E-state index contributed by atoms with van der Waals surface area (Å²) in [5.41, 5.74) is 1.38. The lowest BCUT2D eigenvalue weighted by atomic mass is 10.1. The first kappa shape index (κ1) is 20.6. The average Bonchev–Trinajstić information content (AvgIpc) is 3.18. The predicted molar refractivity (Wildman–Crippen MR) is 105 cm³/mol. The third kappa shape index (κ3) is 5.38. The minimum absolute atomic E-state index is 0. The van der Waals surface area contributed by atoms with Gasteiger partial charge in [-0.3, -0.25) is 9.59 Å². The van der Waals surface area contributed by atoms with Gasteiger partial charge < -0.3 is 16.0 Å². The van der Waals surface area contributed by atoms with Gasteiger partial charge in [0.2, 0.25) is 0 Å². The van der Waals surface area contributed by atoms with Crippen molar-refractivity contribution in [2.45, 2.75) is 18.9 Å². The summed E-state index contributed by atoms with van der Waals surface area (Å²) in [5, 5.41) is 16.8. The third-order valence-corrected chi connectivity index (χ3v) is 4.24. The molecule has 0 aliphatic carbocycles. The van der Waals surface area contributed by atoms with Crippen molar-refractivity contribution in [3.63, 3.8) is 0 Å². The summed E-state index contributed by atoms with van der Waals surface area (Å²) < 4.78 is 1.77. The van der Waals surface area contributed by atoms with Gasteiger partial charge in [0.1, 0.15) is 0 Å². The molecule has 3 rings (SSSR count). The summed E-state index contributed by atoms with van der Waals surface area (Å²) in [5.74, 6) is -0.512. The van der Waals surface area contributed by atoms with Crippen LogP contribution in [0.4, 0.5) is 5.69 Å². The van der Waals surface area contributed by atoms with Crippen LogP contribution in [0.1, 0.15) is 39.7 Å². The van der Waals surface area contributed by atoms with Crippen LogP contribution >= 0.6 is 12.4 Å². The molecule has 1 aromatic carbocycles. The molecule has 2 aromatic rings. The van der Waals surface area contributed by atoms with E-state index in [1.807, 2.05) is 0 Å². The van der Waals surface area contributed by atoms with Crippen LogP contribution in [0.3, 0.4) is 0 Å². The lowest BCUT2D eigenvalue weighted by molar-refractivity contribution is 0.0957. The smallest absolute Gasteiger partial charge is 0.277 e. The number of halogens is 1. The number of nitrogens with one attached hydrogen (secondary N) is 3. The predicted octanol–water partition coefficient (Wildman–Crippen LogP) is 1.79. The number of hydrogen-bond donors (Lipinski definition) is 3. The van der Waals surface area contributed by atoms with E-state index in [9.17, 15) is 9.59 Å². The highest BCUT2D eigenvalue weighted by Gasteiger charge is 2.18. The van der Waals surface area contributed by atoms with Gasteiger partial charge in [0, 0.05) is 17.8 Å². The lowest BCUT2D eigenvalue weighted by Gasteiger charge is -2.22. The number of aromatic nitrogens is 3. The molecule has 0 atom stereocenters. The van der Waals surface area contributed by atoms with E-state index in [1.165, 1.54) is 0 Å². The van der Waals surface area contributed by atoms with Crippen molar-refractivity contribution in [3.05, 3.63) is 54.4 Å². The van der Waals surface area contributed by atoms with Gasteiger partial charge in [-0.05, 0) is 50.2 Å². The number of carbonyl (C=O) groups is 2. The maximum atomic E-state index is 12.3. The molecule has 0 saturated carbocycles. The first-order chi connectivity index (χ1) is 12.7. The van der Waals surface area contributed by atoms with Gasteiger partial charge in [0.25, 0.3) is 11.8 Å². The Morgan fingerprint density at radius 1 is 1.22 bits per heavy atom. The Bertz CT molecular complexity index is 783. The largest absolute Gasteiger partial charge is 0.349 e. The van der Waals surface area contributed by atoms with Crippen LogP contribution in [-0.4, -0.2) is 46.4 Å². The van der Waals surface area contributed by atoms with E-state index in [2.05, 4.69) is 32.8 Å². The molecule has 0 unspecified atom stereocenters. The molecular formula is C18H23ClN6O2. The molecule has 2 amide bonds. The van der Waals surface area contributed by atoms with Crippen molar-refractivity contribution in [1.82, 2.24) is 25.6 Å². The zero-order chi connectivity index (χ0) is 18.4. The van der Waals surface area contributed by atoms with Crippen LogP contribution < -0.4 is 16.0 Å². The SMILES string of the molecule is C=CCNC(=O)c1ccc(NC(=O)c2cn(C3CCNCC3)nn2)cc1.Cl. The second kappa shape index (κ2) is 9.84. The zero-order valence-electron chi connectivity index (χ0n) is 14.9. The third-order valence-electron chi connectivity index (χ3n) is 4.24. The number of benzene rings is 1. The molecule has 27 heavy (non-hydrogen) atoms. The topological polar surface area (TPSA) is 101 Å². The fourth-order valence-electron chi connectivity index (χ4n) is 2.80. The number of hydrogen-bond acceptors (Lipinski definition) is 5. The van der Waals surface area contributed by atoms with Crippen LogP contribution in [0.2, 0.25) is 0 Å². The van der Waals surface area contributed by atoms with Crippen molar-refractivity contribution in [1.29, 1.82) is 0 Å². The van der Waals surface area contributed by atoms with Crippen LogP contribution in [0.5, 0.6) is 0 Å². The minimum atomic E-state index is -0.325. The Morgan fingerprint density at radius 3 is 2.59 bits per heavy atom. The summed E-state index contributed by atoms with van der Waals surface area (Å²) in [7, 11) is 0. The minimum Gasteiger partial charge on any atom is -0.349 e. The van der Waals surface area contributed by atoms with Crippen LogP contribution in [0, 0.1) is 0 Å². The van der Waals surface area contributed by atoms with Gasteiger partial charge in [-0.15, -0.1) is 24.1 Å². The normalized spacial score (nSPS) is 14.1. The maximum absolute atomic E-state index is 12.3. The Kier molecular flexibility index (Phi) is 7.51. The summed E-state index contributed by atoms with van der Waals surface area (Å²) in [6.07, 6.45) is 5.24. The second-order valence-electron chi connectivity index (χ2n) is 6.10. The second-order valence-corrected chi connectivity index (χ2v) is 6.10. The molecule has 1 aromatic heterocycles. The Balaban J connectivity index is 0.00000261. The van der Waals surface area contributed by atoms with Gasteiger partial charge >= 0.3 is 0 Å². The van der Waals surface area contributed by atoms with Crippen molar-refractivity contribution in [2.75, 3.05) is 25.0 Å². The molecule has 144 valence electrons. The number of rotatable bonds is 6. The number of piperidine rings is 1. The molecule has 0 spiro atoms. The average molecular weight is 391 g/mol. The van der Waals surface area contributed by atoms with Crippen molar-refractivity contribution in [3.8, 4) is 0 Å². The van der Waals surface area contributed by atoms with Gasteiger partial charge in [-0.2, -0.15) is 0 Å². The standard InChI is InChI=1S/C18H22N6O2.ClH/c1-2-9-20-17(25)13-3-5-14(6-4-13)21-18(26)16-12-24(23-22-16)15-7-10-19-11-8-15;/h2-6,12,15,19H,1,7-11H2,(H,20,25)(H,21,26);1H. The summed E-state index contributed by atoms with van der Waals surface area (Å²) in [4.78, 5) is 24.2. The highest BCUT2D eigenvalue weighted by Crippen LogP contribution is 2.17. The molecule has 9 heteroatoms. The Labute approximate surface area is 163 Å². The molecule has 1 fully saturated rings. The molecule has 3 N–H and O–H groups in total. The molecule has 0 radical (unpaired) electrons. The molecular weight excluding hydrogens is 368 g/mol. The van der Waals surface area contributed by atoms with Crippen molar-refractivity contribution in [2.24, 2.45) is 0 Å². The van der Waals surface area contributed by atoms with Crippen LogP contribution in [0.25, 0.3) is 0 Å². The fraction of sp³-hybridized carbons (Fsp3) is 0.333. The van der Waals surface area contributed by atoms with Crippen molar-refractivity contribution >= 4 is 29.9 Å². The Hall–Kier alpha value is -2.71. The van der Waals surface area contributed by atoms with Crippen molar-refractivity contribution < 1.29 is 9.59 Å². The van der Waals surface area contributed by atoms with E-state index < -0.39 is 0 Å². The number of amides is 2. The highest BCUT2D eigenvalue weighted by atomic mass is 35.5. The van der Waals surface area contributed by atoms with E-state index in [-0.39, 0.29) is 36.0 Å². The monoisotopic (exact) mass is 390 g/mol. The highest BCUT2D eigenvalue weighted by molar-refractivity contribution is 6.03. The molecule has 1 aliphatic rings. The van der Waals surface area contributed by atoms with E-state index in [0.29, 0.717) is 17.8 Å². The molecule has 2 heterocycles. The fourth-order valence-corrected chi connectivity index (χ4v) is 2.80. The van der Waals surface area contributed by atoms with Crippen LogP contribution in [0.15, 0.2) is 43.1 Å². The molecule has 1 saturated heterocycles. The zero-order valence-corrected chi connectivity index (χ0v) is 15.7. The maximum Gasteiger partial charge on any atom is 0.277 e. The lowest BCUT2D eigenvalue weighted by Crippen LogP contribution is -2.29. The molecule has 0 bridgehead atoms. The number of anilines is 1. The van der Waals surface area contributed by atoms with E-state index >= 15 is 0 Å². The first-order valence-electron chi connectivity index (χ1n) is 8.60. The molecule has 1 aliphatic heterocycles. The number of carbonyl (C=O) groups excluding carboxylic acids is 2. The number of nitrogens with zero attached hydrogens (tertiary/aromatic N) is 3. The van der Waals surface area contributed by atoms with Gasteiger partial charge in [0.05, 0.1) is 12.2 Å². The van der Waals surface area contributed by atoms with Gasteiger partial charge in [-0.25, -0.2) is 4.68 Å². The summed E-state index contributed by atoms with van der Waals surface area (Å²) in [6, 6.07) is 6.94. The van der Waals surface area contributed by atoms with E-state index in [4.69, 9.17) is 0 Å². The molecule has 8 nitrogen and oxygen atoms in total. The quantitative estimate of drug-likeness (QED) is 0.653. The summed E-state index contributed by atoms with van der Waals surface area (Å²) >= 11 is 0. The van der Waals surface area contributed by atoms with E-state index in [1.54, 1.807) is 41.2 Å². The van der Waals surface area contributed by atoms with E-state index in [0.717, 1.165) is 25.9 Å². The van der Waals surface area contributed by atoms with Gasteiger partial charge in [0.15, 0.2) is 5.69 Å². The Morgan fingerprint density at radius 2 is 1.93 bits per heavy atom.